The summed E-state index contributed by atoms with van der Waals surface area (Å²) in [6.45, 7) is 1.96. The van der Waals surface area contributed by atoms with Crippen LogP contribution < -0.4 is 4.74 Å². The van der Waals surface area contributed by atoms with Gasteiger partial charge < -0.3 is 4.74 Å². The van der Waals surface area contributed by atoms with E-state index < -0.39 is 16.1 Å². The lowest BCUT2D eigenvalue weighted by Gasteiger charge is -2.31. The van der Waals surface area contributed by atoms with E-state index in [4.69, 9.17) is 10.00 Å². The highest BCUT2D eigenvalue weighted by molar-refractivity contribution is 7.89. The zero-order chi connectivity index (χ0) is 19.4. The number of sulfonamides is 1. The third-order valence-corrected chi connectivity index (χ3v) is 6.17. The Hall–Kier alpha value is -2.83. The van der Waals surface area contributed by atoms with E-state index >= 15 is 0 Å². The monoisotopic (exact) mass is 386 g/mol. The summed E-state index contributed by atoms with van der Waals surface area (Å²) in [5.74, 6) is -0.0160. The summed E-state index contributed by atoms with van der Waals surface area (Å²) in [5.41, 5.74) is 0.526. The summed E-state index contributed by atoms with van der Waals surface area (Å²) in [7, 11) is -3.70. The minimum absolute atomic E-state index is 0.0669. The van der Waals surface area contributed by atoms with Crippen LogP contribution >= 0.6 is 0 Å². The summed E-state index contributed by atoms with van der Waals surface area (Å²) in [5, 5.41) is 9.08. The third kappa shape index (κ3) is 4.13. The molecule has 1 unspecified atom stereocenters. The van der Waals surface area contributed by atoms with Crippen molar-refractivity contribution in [1.82, 2.24) is 14.3 Å². The smallest absolute Gasteiger partial charge is 0.251 e. The second-order valence-electron chi connectivity index (χ2n) is 6.15. The van der Waals surface area contributed by atoms with Gasteiger partial charge in [-0.15, -0.1) is 0 Å². The molecule has 1 fully saturated rings. The van der Waals surface area contributed by atoms with Crippen LogP contribution in [0, 0.1) is 11.3 Å². The molecule has 1 aromatic heterocycles. The van der Waals surface area contributed by atoms with Gasteiger partial charge in [0.1, 0.15) is 12.2 Å². The largest absolute Gasteiger partial charge is 0.471 e. The van der Waals surface area contributed by atoms with E-state index in [0.29, 0.717) is 24.9 Å². The Labute approximate surface area is 157 Å². The van der Waals surface area contributed by atoms with Crippen LogP contribution in [0.2, 0.25) is 0 Å². The molecule has 0 bridgehead atoms. The molecule has 1 atom stereocenters. The molecule has 1 aliphatic rings. The number of nitriles is 1. The number of Topliss-reactive ketones (excluding diaryl/α,β-unsaturated/α-hetero) is 1. The molecule has 0 N–H and O–H groups in total. The van der Waals surface area contributed by atoms with Crippen molar-refractivity contribution in [3.63, 3.8) is 0 Å². The van der Waals surface area contributed by atoms with Crippen LogP contribution in [0.1, 0.15) is 35.8 Å². The quantitative estimate of drug-likeness (QED) is 0.720. The van der Waals surface area contributed by atoms with Gasteiger partial charge in [0.05, 0.1) is 11.4 Å². The summed E-state index contributed by atoms with van der Waals surface area (Å²) in [6.07, 6.45) is 3.67. The number of rotatable bonds is 5. The molecule has 0 aliphatic carbocycles. The number of hydrogen-bond donors (Lipinski definition) is 0. The second kappa shape index (κ2) is 7.82. The molecule has 0 spiro atoms. The maximum Gasteiger partial charge on any atom is 0.251 e. The molecule has 1 aromatic carbocycles. The standard InChI is InChI=1S/C18H18N4O4S/c1-13(23)14-4-6-16(7-5-14)27(24,25)22-10-2-3-15(12-22)26-18-17(11-19)20-8-9-21-18/h4-9,15H,2-3,10,12H2,1H3. The lowest BCUT2D eigenvalue weighted by molar-refractivity contribution is 0.101. The number of nitrogens with zero attached hydrogens (tertiary/aromatic N) is 4. The Bertz CT molecular complexity index is 983. The van der Waals surface area contributed by atoms with Gasteiger partial charge in [0, 0.05) is 24.5 Å². The van der Waals surface area contributed by atoms with Crippen molar-refractivity contribution >= 4 is 15.8 Å². The maximum absolute atomic E-state index is 12.9. The topological polar surface area (TPSA) is 113 Å². The van der Waals surface area contributed by atoms with E-state index in [1.165, 1.54) is 47.9 Å². The number of ketones is 1. The maximum atomic E-state index is 12.9. The highest BCUT2D eigenvalue weighted by atomic mass is 32.2. The number of hydrogen-bond acceptors (Lipinski definition) is 7. The molecule has 0 amide bonds. The predicted molar refractivity (Wildman–Crippen MR) is 95.6 cm³/mol. The molecule has 2 heterocycles. The van der Waals surface area contributed by atoms with Crippen molar-refractivity contribution in [3.05, 3.63) is 47.9 Å². The van der Waals surface area contributed by atoms with E-state index in [1.54, 1.807) is 0 Å². The average Bonchev–Trinajstić information content (AvgIpc) is 2.68. The summed E-state index contributed by atoms with van der Waals surface area (Å²) in [4.78, 5) is 19.4. The molecule has 3 rings (SSSR count). The van der Waals surface area contributed by atoms with E-state index in [0.717, 1.165) is 0 Å². The Morgan fingerprint density at radius 1 is 1.26 bits per heavy atom. The van der Waals surface area contributed by atoms with E-state index in [-0.39, 0.29) is 28.8 Å². The second-order valence-corrected chi connectivity index (χ2v) is 8.09. The summed E-state index contributed by atoms with van der Waals surface area (Å²) >= 11 is 0. The summed E-state index contributed by atoms with van der Waals surface area (Å²) in [6, 6.07) is 7.80. The van der Waals surface area contributed by atoms with Crippen LogP contribution in [0.3, 0.4) is 0 Å². The number of aromatic nitrogens is 2. The van der Waals surface area contributed by atoms with Gasteiger partial charge in [-0.2, -0.15) is 9.57 Å². The first-order chi connectivity index (χ1) is 12.9. The van der Waals surface area contributed by atoms with Crippen molar-refractivity contribution in [2.75, 3.05) is 13.1 Å². The zero-order valence-electron chi connectivity index (χ0n) is 14.7. The van der Waals surface area contributed by atoms with Gasteiger partial charge in [-0.25, -0.2) is 18.4 Å². The first kappa shape index (κ1) is 18.9. The van der Waals surface area contributed by atoms with Crippen LogP contribution in [-0.2, 0) is 10.0 Å². The fourth-order valence-corrected chi connectivity index (χ4v) is 4.39. The Morgan fingerprint density at radius 3 is 2.63 bits per heavy atom. The van der Waals surface area contributed by atoms with Crippen LogP contribution in [0.4, 0.5) is 0 Å². The van der Waals surface area contributed by atoms with Gasteiger partial charge in [-0.05, 0) is 31.9 Å². The molecule has 9 heteroatoms. The Balaban J connectivity index is 1.77. The van der Waals surface area contributed by atoms with Gasteiger partial charge in [0.2, 0.25) is 15.7 Å². The minimum Gasteiger partial charge on any atom is -0.471 e. The zero-order valence-corrected chi connectivity index (χ0v) is 15.5. The Kier molecular flexibility index (Phi) is 5.48. The van der Waals surface area contributed by atoms with Crippen LogP contribution in [0.5, 0.6) is 5.88 Å². The number of carbonyl (C=O) groups is 1. The molecular weight excluding hydrogens is 368 g/mol. The van der Waals surface area contributed by atoms with Crippen molar-refractivity contribution in [2.24, 2.45) is 0 Å². The lowest BCUT2D eigenvalue weighted by Crippen LogP contribution is -2.44. The molecule has 8 nitrogen and oxygen atoms in total. The minimum atomic E-state index is -3.70. The molecule has 140 valence electrons. The van der Waals surface area contributed by atoms with Gasteiger partial charge in [0.25, 0.3) is 5.88 Å². The molecule has 27 heavy (non-hydrogen) atoms. The molecule has 2 aromatic rings. The molecule has 1 aliphatic heterocycles. The van der Waals surface area contributed by atoms with Crippen LogP contribution in [0.25, 0.3) is 0 Å². The number of ether oxygens (including phenoxy) is 1. The van der Waals surface area contributed by atoms with E-state index in [1.807, 2.05) is 6.07 Å². The number of piperidine rings is 1. The van der Waals surface area contributed by atoms with Crippen molar-refractivity contribution in [3.8, 4) is 11.9 Å². The van der Waals surface area contributed by atoms with Crippen LogP contribution in [-0.4, -0.2) is 47.7 Å². The summed E-state index contributed by atoms with van der Waals surface area (Å²) < 4.78 is 32.9. The number of carbonyl (C=O) groups excluding carboxylic acids is 1. The van der Waals surface area contributed by atoms with E-state index in [2.05, 4.69) is 9.97 Å². The van der Waals surface area contributed by atoms with Crippen LogP contribution in [0.15, 0.2) is 41.6 Å². The highest BCUT2D eigenvalue weighted by Gasteiger charge is 2.31. The average molecular weight is 386 g/mol. The van der Waals surface area contributed by atoms with Crippen molar-refractivity contribution in [2.45, 2.75) is 30.8 Å². The van der Waals surface area contributed by atoms with Gasteiger partial charge >= 0.3 is 0 Å². The van der Waals surface area contributed by atoms with Gasteiger partial charge in [-0.1, -0.05) is 12.1 Å². The fraction of sp³-hybridized carbons (Fsp3) is 0.333. The third-order valence-electron chi connectivity index (χ3n) is 4.29. The molecule has 1 saturated heterocycles. The lowest BCUT2D eigenvalue weighted by atomic mass is 10.1. The Morgan fingerprint density at radius 2 is 1.96 bits per heavy atom. The van der Waals surface area contributed by atoms with Gasteiger partial charge in [0.15, 0.2) is 5.78 Å². The molecule has 0 saturated carbocycles. The SMILES string of the molecule is CC(=O)c1ccc(S(=O)(=O)N2CCCC(Oc3nccnc3C#N)C2)cc1. The molecular formula is C18H18N4O4S. The normalized spacial score (nSPS) is 17.9. The first-order valence-electron chi connectivity index (χ1n) is 8.40. The molecule has 0 radical (unpaired) electrons. The van der Waals surface area contributed by atoms with Gasteiger partial charge in [-0.3, -0.25) is 4.79 Å². The first-order valence-corrected chi connectivity index (χ1v) is 9.84. The highest BCUT2D eigenvalue weighted by Crippen LogP contribution is 2.24. The van der Waals surface area contributed by atoms with Crippen molar-refractivity contribution in [1.29, 1.82) is 5.26 Å². The predicted octanol–water partition coefficient (Wildman–Crippen LogP) is 1.78. The van der Waals surface area contributed by atoms with E-state index in [9.17, 15) is 13.2 Å². The number of benzene rings is 1. The fourth-order valence-electron chi connectivity index (χ4n) is 2.88. The van der Waals surface area contributed by atoms with Crippen molar-refractivity contribution < 1.29 is 17.9 Å².